The minimum Gasteiger partial charge on any atom is -0.481 e. The van der Waals surface area contributed by atoms with Gasteiger partial charge in [0.25, 0.3) is 0 Å². The Morgan fingerprint density at radius 3 is 2.25 bits per heavy atom. The number of carbonyl (C=O) groups excluding carboxylic acids is 1. The summed E-state index contributed by atoms with van der Waals surface area (Å²) in [6.07, 6.45) is 4.18. The first-order valence-electron chi connectivity index (χ1n) is 10.3. The molecule has 1 saturated carbocycles. The summed E-state index contributed by atoms with van der Waals surface area (Å²) in [6.45, 7) is 7.47. The first-order valence-corrected chi connectivity index (χ1v) is 10.7. The zero-order valence-corrected chi connectivity index (χ0v) is 17.8. The molecule has 4 atom stereocenters. The van der Waals surface area contributed by atoms with Gasteiger partial charge in [0.2, 0.25) is 5.91 Å². The molecule has 1 aliphatic carbocycles. The fourth-order valence-corrected chi connectivity index (χ4v) is 4.18. The summed E-state index contributed by atoms with van der Waals surface area (Å²) >= 11 is 5.81. The number of carbonyl (C=O) groups is 2. The third-order valence-electron chi connectivity index (χ3n) is 5.42. The molecule has 0 spiro atoms. The van der Waals surface area contributed by atoms with Gasteiger partial charge < -0.3 is 20.6 Å². The lowest BCUT2D eigenvalue weighted by Crippen LogP contribution is -2.51. The predicted octanol–water partition coefficient (Wildman–Crippen LogP) is 3.44. The summed E-state index contributed by atoms with van der Waals surface area (Å²) in [6, 6.07) is -0.621. The summed E-state index contributed by atoms with van der Waals surface area (Å²) in [5.41, 5.74) is 0. The SMILES string of the molecule is C=C(Cl)C[C@@H](CC(=O)O)C(=O)N[C@@H](CC1CCCCC1)[C@@H](O)[C@@H](O)CC(C)C. The van der Waals surface area contributed by atoms with E-state index in [2.05, 4.69) is 11.9 Å². The van der Waals surface area contributed by atoms with Crippen LogP contribution in [0, 0.1) is 17.8 Å². The maximum absolute atomic E-state index is 12.7. The number of hydrogen-bond acceptors (Lipinski definition) is 4. The van der Waals surface area contributed by atoms with Gasteiger partial charge in [-0.05, 0) is 31.1 Å². The fourth-order valence-electron chi connectivity index (χ4n) is 3.99. The molecule has 4 N–H and O–H groups in total. The van der Waals surface area contributed by atoms with Crippen molar-refractivity contribution in [1.29, 1.82) is 0 Å². The Morgan fingerprint density at radius 2 is 1.75 bits per heavy atom. The van der Waals surface area contributed by atoms with E-state index in [-0.39, 0.29) is 23.8 Å². The maximum atomic E-state index is 12.7. The number of allylic oxidation sites excluding steroid dienone is 1. The molecule has 0 aromatic rings. The minimum atomic E-state index is -1.10. The fraction of sp³-hybridized carbons (Fsp3) is 0.810. The Morgan fingerprint density at radius 1 is 1.14 bits per heavy atom. The molecule has 6 nitrogen and oxygen atoms in total. The molecule has 1 rings (SSSR count). The van der Waals surface area contributed by atoms with Crippen molar-refractivity contribution in [3.63, 3.8) is 0 Å². The Balaban J connectivity index is 2.89. The molecular formula is C21H36ClNO5. The molecule has 0 radical (unpaired) electrons. The van der Waals surface area contributed by atoms with Crippen LogP contribution in [-0.2, 0) is 9.59 Å². The van der Waals surface area contributed by atoms with E-state index in [1.165, 1.54) is 6.42 Å². The van der Waals surface area contributed by atoms with Crippen LogP contribution in [0.4, 0.5) is 0 Å². The van der Waals surface area contributed by atoms with E-state index < -0.39 is 36.0 Å². The van der Waals surface area contributed by atoms with Crippen LogP contribution in [0.5, 0.6) is 0 Å². The van der Waals surface area contributed by atoms with Crippen LogP contribution in [-0.4, -0.2) is 45.4 Å². The van der Waals surface area contributed by atoms with Gasteiger partial charge in [0.05, 0.1) is 24.5 Å². The molecule has 28 heavy (non-hydrogen) atoms. The van der Waals surface area contributed by atoms with Crippen LogP contribution in [0.15, 0.2) is 11.6 Å². The number of amides is 1. The van der Waals surface area contributed by atoms with Crippen LogP contribution in [0.3, 0.4) is 0 Å². The first kappa shape index (κ1) is 24.9. The zero-order valence-electron chi connectivity index (χ0n) is 17.1. The van der Waals surface area contributed by atoms with Gasteiger partial charge in [0.15, 0.2) is 0 Å². The number of hydrogen-bond donors (Lipinski definition) is 4. The van der Waals surface area contributed by atoms with Crippen LogP contribution >= 0.6 is 11.6 Å². The van der Waals surface area contributed by atoms with Crippen molar-refractivity contribution in [1.82, 2.24) is 5.32 Å². The summed E-state index contributed by atoms with van der Waals surface area (Å²) < 4.78 is 0. The van der Waals surface area contributed by atoms with Crippen molar-refractivity contribution in [2.45, 2.75) is 89.9 Å². The Bertz CT molecular complexity index is 503. The molecule has 0 saturated heterocycles. The topological polar surface area (TPSA) is 107 Å². The monoisotopic (exact) mass is 417 g/mol. The summed E-state index contributed by atoms with van der Waals surface area (Å²) in [7, 11) is 0. The highest BCUT2D eigenvalue weighted by molar-refractivity contribution is 6.29. The van der Waals surface area contributed by atoms with Crippen molar-refractivity contribution in [2.75, 3.05) is 0 Å². The highest BCUT2D eigenvalue weighted by atomic mass is 35.5. The molecule has 0 heterocycles. The molecule has 0 unspecified atom stereocenters. The third-order valence-corrected chi connectivity index (χ3v) is 5.57. The number of carboxylic acids is 1. The molecule has 1 aliphatic rings. The largest absolute Gasteiger partial charge is 0.481 e. The third kappa shape index (κ3) is 9.39. The lowest BCUT2D eigenvalue weighted by molar-refractivity contribution is -0.141. The van der Waals surface area contributed by atoms with E-state index in [1.54, 1.807) is 0 Å². The smallest absolute Gasteiger partial charge is 0.304 e. The number of aliphatic hydroxyl groups is 2. The van der Waals surface area contributed by atoms with Crippen LogP contribution in [0.1, 0.15) is 71.6 Å². The minimum absolute atomic E-state index is 0.0560. The average molecular weight is 418 g/mol. The van der Waals surface area contributed by atoms with E-state index in [1.807, 2.05) is 13.8 Å². The van der Waals surface area contributed by atoms with E-state index in [0.717, 1.165) is 25.7 Å². The lowest BCUT2D eigenvalue weighted by Gasteiger charge is -2.33. The van der Waals surface area contributed by atoms with E-state index in [4.69, 9.17) is 16.7 Å². The van der Waals surface area contributed by atoms with Crippen LogP contribution < -0.4 is 5.32 Å². The molecule has 0 bridgehead atoms. The number of aliphatic hydroxyl groups excluding tert-OH is 2. The van der Waals surface area contributed by atoms with Gasteiger partial charge in [-0.3, -0.25) is 9.59 Å². The molecule has 1 amide bonds. The number of nitrogens with one attached hydrogen (secondary N) is 1. The normalized spacial score (nSPS) is 19.6. The number of carboxylic acid groups (broad SMARTS) is 1. The second-order valence-electron chi connectivity index (χ2n) is 8.56. The highest BCUT2D eigenvalue weighted by Gasteiger charge is 2.33. The highest BCUT2D eigenvalue weighted by Crippen LogP contribution is 2.29. The van der Waals surface area contributed by atoms with E-state index >= 15 is 0 Å². The lowest BCUT2D eigenvalue weighted by atomic mass is 9.82. The summed E-state index contributed by atoms with van der Waals surface area (Å²) in [5, 5.41) is 33.3. The van der Waals surface area contributed by atoms with Gasteiger partial charge in [-0.15, -0.1) is 0 Å². The standard InChI is InChI=1S/C21H36ClNO5/c1-13(2)9-18(24)20(27)17(11-15-7-5-4-6-8-15)23-21(28)16(10-14(3)22)12-19(25)26/h13,15-18,20,24,27H,3-12H2,1-2H3,(H,23,28)(H,25,26)/t16-,17-,18-,20+/m0/s1. The molecule has 0 aromatic carbocycles. The van der Waals surface area contributed by atoms with Crippen molar-refractivity contribution < 1.29 is 24.9 Å². The van der Waals surface area contributed by atoms with Crippen molar-refractivity contribution in [3.8, 4) is 0 Å². The van der Waals surface area contributed by atoms with Crippen LogP contribution in [0.25, 0.3) is 0 Å². The zero-order chi connectivity index (χ0) is 21.3. The summed E-state index contributed by atoms with van der Waals surface area (Å²) in [4.78, 5) is 23.9. The number of aliphatic carboxylic acids is 1. The molecule has 162 valence electrons. The summed E-state index contributed by atoms with van der Waals surface area (Å²) in [5.74, 6) is -1.84. The molecule has 0 aliphatic heterocycles. The molecule has 0 aromatic heterocycles. The van der Waals surface area contributed by atoms with Crippen molar-refractivity contribution in [2.24, 2.45) is 17.8 Å². The molecule has 7 heteroatoms. The second kappa shape index (κ2) is 12.5. The number of rotatable bonds is 12. The van der Waals surface area contributed by atoms with Crippen molar-refractivity contribution >= 4 is 23.5 Å². The van der Waals surface area contributed by atoms with Crippen molar-refractivity contribution in [3.05, 3.63) is 11.6 Å². The van der Waals surface area contributed by atoms with Crippen LogP contribution in [0.2, 0.25) is 0 Å². The van der Waals surface area contributed by atoms with Gasteiger partial charge >= 0.3 is 5.97 Å². The predicted molar refractivity (Wildman–Crippen MR) is 110 cm³/mol. The van der Waals surface area contributed by atoms with Gasteiger partial charge in [0.1, 0.15) is 6.10 Å². The average Bonchev–Trinajstić information content (AvgIpc) is 2.59. The quantitative estimate of drug-likeness (QED) is 0.389. The Hall–Kier alpha value is -1.11. The first-order chi connectivity index (χ1) is 13.1. The Labute approximate surface area is 173 Å². The number of halogens is 1. The Kier molecular flexibility index (Phi) is 11.1. The van der Waals surface area contributed by atoms with E-state index in [0.29, 0.717) is 18.8 Å². The molecular weight excluding hydrogens is 382 g/mol. The van der Waals surface area contributed by atoms with E-state index in [9.17, 15) is 19.8 Å². The van der Waals surface area contributed by atoms with Gasteiger partial charge in [-0.2, -0.15) is 0 Å². The van der Waals surface area contributed by atoms with Gasteiger partial charge in [-0.25, -0.2) is 0 Å². The van der Waals surface area contributed by atoms with Gasteiger partial charge in [-0.1, -0.05) is 64.1 Å². The molecule has 1 fully saturated rings. The van der Waals surface area contributed by atoms with Gasteiger partial charge in [0, 0.05) is 5.03 Å². The second-order valence-corrected chi connectivity index (χ2v) is 9.09. The maximum Gasteiger partial charge on any atom is 0.304 e.